The number of aromatic nitrogens is 3. The minimum Gasteiger partial charge on any atom is -0.454 e. The van der Waals surface area contributed by atoms with Gasteiger partial charge in [-0.2, -0.15) is 0 Å². The van der Waals surface area contributed by atoms with Gasteiger partial charge in [-0.1, -0.05) is 12.8 Å². The molecule has 0 amide bonds. The topological polar surface area (TPSA) is 69.9 Å². The molecule has 27 heavy (non-hydrogen) atoms. The number of fused-ring (bicyclic) bond motifs is 2. The lowest BCUT2D eigenvalue weighted by atomic mass is 10.1. The van der Waals surface area contributed by atoms with Crippen LogP contribution >= 0.6 is 0 Å². The van der Waals surface area contributed by atoms with E-state index >= 15 is 0 Å². The lowest BCUT2D eigenvalue weighted by molar-refractivity contribution is 0.0658. The van der Waals surface area contributed by atoms with E-state index in [-0.39, 0.29) is 6.79 Å². The predicted molar refractivity (Wildman–Crippen MR) is 101 cm³/mol. The van der Waals surface area contributed by atoms with E-state index in [2.05, 4.69) is 15.4 Å². The van der Waals surface area contributed by atoms with Gasteiger partial charge in [0.2, 0.25) is 6.79 Å². The monoisotopic (exact) mass is 366 g/mol. The van der Waals surface area contributed by atoms with E-state index < -0.39 is 0 Å². The van der Waals surface area contributed by atoms with E-state index in [1.54, 1.807) is 0 Å². The summed E-state index contributed by atoms with van der Waals surface area (Å²) in [6.07, 6.45) is 7.23. The van der Waals surface area contributed by atoms with Crippen LogP contribution in [0.15, 0.2) is 36.5 Å². The number of hydrogen-bond donors (Lipinski definition) is 1. The molecule has 0 radical (unpaired) electrons. The average molecular weight is 366 g/mol. The number of rotatable bonds is 6. The van der Waals surface area contributed by atoms with Gasteiger partial charge in [0.25, 0.3) is 0 Å². The normalized spacial score (nSPS) is 16.3. The van der Waals surface area contributed by atoms with Crippen molar-refractivity contribution in [1.29, 1.82) is 0 Å². The van der Waals surface area contributed by atoms with Crippen LogP contribution in [0.1, 0.15) is 25.7 Å². The fourth-order valence-electron chi connectivity index (χ4n) is 3.68. The Morgan fingerprint density at radius 2 is 2.00 bits per heavy atom. The minimum absolute atomic E-state index is 0.265. The molecule has 1 fully saturated rings. The largest absolute Gasteiger partial charge is 0.454 e. The highest BCUT2D eigenvalue weighted by Gasteiger charge is 2.17. The number of imidazole rings is 1. The molecule has 7 heteroatoms. The number of hydrogen-bond acceptors (Lipinski definition) is 6. The molecular formula is C20H22N4O3. The van der Waals surface area contributed by atoms with E-state index in [0.29, 0.717) is 12.7 Å². The Morgan fingerprint density at radius 1 is 1.11 bits per heavy atom. The first-order valence-corrected chi connectivity index (χ1v) is 9.47. The Morgan fingerprint density at radius 3 is 2.93 bits per heavy atom. The van der Waals surface area contributed by atoms with Crippen LogP contribution in [0.3, 0.4) is 0 Å². The van der Waals surface area contributed by atoms with Crippen molar-refractivity contribution in [2.75, 3.05) is 25.3 Å². The van der Waals surface area contributed by atoms with Crippen molar-refractivity contribution < 1.29 is 14.2 Å². The molecule has 0 saturated heterocycles. The fraction of sp³-hybridized carbons (Fsp3) is 0.400. The molecule has 1 aliphatic carbocycles. The number of nitrogens with one attached hydrogen (secondary N) is 1. The summed E-state index contributed by atoms with van der Waals surface area (Å²) in [6, 6.07) is 9.78. The smallest absolute Gasteiger partial charge is 0.231 e. The van der Waals surface area contributed by atoms with Crippen LogP contribution in [0, 0.1) is 0 Å². The quantitative estimate of drug-likeness (QED) is 0.674. The van der Waals surface area contributed by atoms with Crippen LogP contribution in [0.25, 0.3) is 16.9 Å². The maximum atomic E-state index is 5.90. The molecule has 0 unspecified atom stereocenters. The highest BCUT2D eigenvalue weighted by Crippen LogP contribution is 2.35. The van der Waals surface area contributed by atoms with Gasteiger partial charge >= 0.3 is 0 Å². The minimum atomic E-state index is 0.265. The van der Waals surface area contributed by atoms with Gasteiger partial charge in [-0.05, 0) is 43.2 Å². The van der Waals surface area contributed by atoms with Gasteiger partial charge in [0.1, 0.15) is 5.82 Å². The number of benzene rings is 1. The van der Waals surface area contributed by atoms with Gasteiger partial charge in [0.15, 0.2) is 17.1 Å². The molecule has 140 valence electrons. The van der Waals surface area contributed by atoms with Gasteiger partial charge in [-0.25, -0.2) is 9.50 Å². The molecule has 1 aromatic carbocycles. The fourth-order valence-corrected chi connectivity index (χ4v) is 3.68. The molecule has 0 spiro atoms. The SMILES string of the molecule is c1cc2c(cc1-c1cnc3ccc(NCCOC4CCCC4)nn13)OCO2. The summed E-state index contributed by atoms with van der Waals surface area (Å²) < 4.78 is 18.6. The van der Waals surface area contributed by atoms with E-state index in [0.717, 1.165) is 40.8 Å². The zero-order valence-corrected chi connectivity index (χ0v) is 15.1. The maximum Gasteiger partial charge on any atom is 0.231 e. The molecule has 1 saturated carbocycles. The van der Waals surface area contributed by atoms with Crippen molar-refractivity contribution >= 4 is 11.5 Å². The number of ether oxygens (including phenoxy) is 3. The number of nitrogens with zero attached hydrogens (tertiary/aromatic N) is 3. The second-order valence-electron chi connectivity index (χ2n) is 6.90. The molecule has 3 heterocycles. The molecule has 0 bridgehead atoms. The van der Waals surface area contributed by atoms with Gasteiger partial charge in [-0.3, -0.25) is 0 Å². The van der Waals surface area contributed by atoms with Crippen LogP contribution in [0.4, 0.5) is 5.82 Å². The molecule has 1 N–H and O–H groups in total. The molecule has 2 aliphatic rings. The summed E-state index contributed by atoms with van der Waals surface area (Å²) in [4.78, 5) is 4.45. The summed E-state index contributed by atoms with van der Waals surface area (Å²) in [5.41, 5.74) is 2.70. The van der Waals surface area contributed by atoms with Crippen molar-refractivity contribution in [2.24, 2.45) is 0 Å². The summed E-state index contributed by atoms with van der Waals surface area (Å²) in [5.74, 6) is 2.32. The van der Waals surface area contributed by atoms with Crippen LogP contribution in [-0.2, 0) is 4.74 Å². The van der Waals surface area contributed by atoms with Crippen LogP contribution in [0.5, 0.6) is 11.5 Å². The second kappa shape index (κ2) is 7.08. The first-order chi connectivity index (χ1) is 13.4. The zero-order valence-electron chi connectivity index (χ0n) is 15.1. The van der Waals surface area contributed by atoms with Crippen LogP contribution in [-0.4, -0.2) is 40.6 Å². The lowest BCUT2D eigenvalue weighted by Gasteiger charge is -2.12. The molecule has 5 rings (SSSR count). The third-order valence-corrected chi connectivity index (χ3v) is 5.09. The highest BCUT2D eigenvalue weighted by atomic mass is 16.7. The van der Waals surface area contributed by atoms with Crippen LogP contribution < -0.4 is 14.8 Å². The Kier molecular flexibility index (Phi) is 4.29. The van der Waals surface area contributed by atoms with E-state index in [9.17, 15) is 0 Å². The Bertz CT molecular complexity index is 950. The van der Waals surface area contributed by atoms with Crippen molar-refractivity contribution in [1.82, 2.24) is 14.6 Å². The van der Waals surface area contributed by atoms with Crippen molar-refractivity contribution in [3.8, 4) is 22.8 Å². The van der Waals surface area contributed by atoms with E-state index in [4.69, 9.17) is 14.2 Å². The third kappa shape index (κ3) is 3.30. The highest BCUT2D eigenvalue weighted by molar-refractivity contribution is 5.67. The van der Waals surface area contributed by atoms with Crippen molar-refractivity contribution in [2.45, 2.75) is 31.8 Å². The molecule has 2 aromatic heterocycles. The first-order valence-electron chi connectivity index (χ1n) is 9.47. The average Bonchev–Trinajstić information content (AvgIpc) is 3.44. The Labute approximate surface area is 157 Å². The van der Waals surface area contributed by atoms with Gasteiger partial charge in [0.05, 0.1) is 24.6 Å². The van der Waals surface area contributed by atoms with E-state index in [1.165, 1.54) is 25.7 Å². The molecule has 3 aromatic rings. The molecule has 7 nitrogen and oxygen atoms in total. The Balaban J connectivity index is 1.31. The second-order valence-corrected chi connectivity index (χ2v) is 6.90. The first kappa shape index (κ1) is 16.4. The summed E-state index contributed by atoms with van der Waals surface area (Å²) in [5, 5.41) is 8.03. The zero-order chi connectivity index (χ0) is 18.1. The molecule has 0 atom stereocenters. The predicted octanol–water partition coefficient (Wildman–Crippen LogP) is 3.50. The summed E-state index contributed by atoms with van der Waals surface area (Å²) in [7, 11) is 0. The summed E-state index contributed by atoms with van der Waals surface area (Å²) in [6.45, 7) is 1.70. The van der Waals surface area contributed by atoms with Gasteiger partial charge < -0.3 is 19.5 Å². The molecular weight excluding hydrogens is 344 g/mol. The summed E-state index contributed by atoms with van der Waals surface area (Å²) >= 11 is 0. The third-order valence-electron chi connectivity index (χ3n) is 5.09. The van der Waals surface area contributed by atoms with Gasteiger partial charge in [0, 0.05) is 12.1 Å². The maximum absolute atomic E-state index is 5.90. The van der Waals surface area contributed by atoms with Crippen molar-refractivity contribution in [3.05, 3.63) is 36.5 Å². The van der Waals surface area contributed by atoms with Crippen LogP contribution in [0.2, 0.25) is 0 Å². The van der Waals surface area contributed by atoms with Crippen molar-refractivity contribution in [3.63, 3.8) is 0 Å². The Hall–Kier alpha value is -2.80. The lowest BCUT2D eigenvalue weighted by Crippen LogP contribution is -2.16. The standard InChI is InChI=1S/C20H22N4O3/c1-2-4-15(3-1)25-10-9-21-19-7-8-20-22-12-16(24(20)23-19)14-5-6-17-18(11-14)27-13-26-17/h5-8,11-12,15H,1-4,9-10,13H2,(H,21,23). The van der Waals surface area contributed by atoms with E-state index in [1.807, 2.05) is 41.0 Å². The number of anilines is 1. The van der Waals surface area contributed by atoms with Gasteiger partial charge in [-0.15, -0.1) is 5.10 Å². The molecule has 1 aliphatic heterocycles.